The van der Waals surface area contributed by atoms with Crippen LogP contribution in [0.25, 0.3) is 10.2 Å². The minimum absolute atomic E-state index is 0.136. The second kappa shape index (κ2) is 8.96. The number of hydrogen-bond acceptors (Lipinski definition) is 4. The Kier molecular flexibility index (Phi) is 6.29. The van der Waals surface area contributed by atoms with Gasteiger partial charge in [-0.3, -0.25) is 9.36 Å². The second-order valence-corrected chi connectivity index (χ2v) is 10.3. The van der Waals surface area contributed by atoms with Gasteiger partial charge in [0.05, 0.1) is 21.7 Å². The summed E-state index contributed by atoms with van der Waals surface area (Å²) in [6.45, 7) is 2.33. The number of rotatable bonds is 7. The van der Waals surface area contributed by atoms with E-state index in [0.29, 0.717) is 28.2 Å². The fourth-order valence-corrected chi connectivity index (χ4v) is 5.93. The molecular weight excluding hydrogens is 452 g/mol. The molecular formula is C23H21ClN2O3S2. The minimum atomic E-state index is -3.75. The van der Waals surface area contributed by atoms with Gasteiger partial charge in [-0.15, -0.1) is 0 Å². The summed E-state index contributed by atoms with van der Waals surface area (Å²) in [5.74, 6) is 0. The summed E-state index contributed by atoms with van der Waals surface area (Å²) in [5.41, 5.74) is 2.56. The topological polar surface area (TPSA) is 68.2 Å². The highest BCUT2D eigenvalue weighted by atomic mass is 35.5. The van der Waals surface area contributed by atoms with E-state index in [1.54, 1.807) is 34.9 Å². The summed E-state index contributed by atoms with van der Waals surface area (Å²) in [6, 6.07) is 21.3. The van der Waals surface area contributed by atoms with Crippen molar-refractivity contribution in [2.75, 3.05) is 0 Å². The molecule has 5 nitrogen and oxygen atoms in total. The third-order valence-electron chi connectivity index (χ3n) is 5.11. The third kappa shape index (κ3) is 4.75. The molecule has 1 atom stereocenters. The number of hydrogen-bond donors (Lipinski definition) is 1. The maximum atomic E-state index is 13.0. The highest BCUT2D eigenvalue weighted by molar-refractivity contribution is 7.89. The molecule has 4 aromatic rings. The van der Waals surface area contributed by atoms with Crippen LogP contribution >= 0.6 is 22.9 Å². The van der Waals surface area contributed by atoms with Crippen molar-refractivity contribution in [2.24, 2.45) is 0 Å². The van der Waals surface area contributed by atoms with E-state index in [1.165, 1.54) is 0 Å². The number of thiazole rings is 1. The van der Waals surface area contributed by atoms with Crippen LogP contribution in [-0.4, -0.2) is 13.0 Å². The van der Waals surface area contributed by atoms with Gasteiger partial charge in [-0.1, -0.05) is 72.3 Å². The van der Waals surface area contributed by atoms with Crippen molar-refractivity contribution in [3.63, 3.8) is 0 Å². The molecule has 0 aliphatic rings. The average molecular weight is 473 g/mol. The van der Waals surface area contributed by atoms with Crippen LogP contribution in [0.2, 0.25) is 5.02 Å². The lowest BCUT2D eigenvalue weighted by atomic mass is 10.1. The molecule has 8 heteroatoms. The summed E-state index contributed by atoms with van der Waals surface area (Å²) in [5, 5.41) is 0.634. The molecule has 160 valence electrons. The van der Waals surface area contributed by atoms with Crippen LogP contribution in [0.15, 0.2) is 82.5 Å². The zero-order chi connectivity index (χ0) is 22.0. The SMILES string of the molecule is CC[C@@H](NS(=O)(=O)c1ccc2c(c1)sc(=O)n2Cc1ccc(Cl)cc1)c1ccccc1. The fraction of sp³-hybridized carbons (Fsp3) is 0.174. The molecule has 0 saturated carbocycles. The number of nitrogens with zero attached hydrogens (tertiary/aromatic N) is 1. The van der Waals surface area contributed by atoms with E-state index in [-0.39, 0.29) is 15.8 Å². The van der Waals surface area contributed by atoms with Crippen molar-refractivity contribution in [1.82, 2.24) is 9.29 Å². The van der Waals surface area contributed by atoms with Crippen LogP contribution in [0.4, 0.5) is 0 Å². The van der Waals surface area contributed by atoms with Gasteiger partial charge in [0, 0.05) is 11.1 Å². The van der Waals surface area contributed by atoms with E-state index in [4.69, 9.17) is 11.6 Å². The molecule has 4 rings (SSSR count). The van der Waals surface area contributed by atoms with Crippen LogP contribution < -0.4 is 9.60 Å². The van der Waals surface area contributed by atoms with Gasteiger partial charge >= 0.3 is 4.87 Å². The van der Waals surface area contributed by atoms with Gasteiger partial charge in [0.1, 0.15) is 0 Å². The first kappa shape index (κ1) is 21.8. The van der Waals surface area contributed by atoms with E-state index >= 15 is 0 Å². The molecule has 0 saturated heterocycles. The summed E-state index contributed by atoms with van der Waals surface area (Å²) < 4.78 is 31.1. The lowest BCUT2D eigenvalue weighted by Gasteiger charge is -2.17. The predicted octanol–water partition coefficient (Wildman–Crippen LogP) is 5.19. The average Bonchev–Trinajstić information content (AvgIpc) is 3.08. The van der Waals surface area contributed by atoms with E-state index in [9.17, 15) is 13.2 Å². The molecule has 31 heavy (non-hydrogen) atoms. The highest BCUT2D eigenvalue weighted by Crippen LogP contribution is 2.25. The minimum Gasteiger partial charge on any atom is -0.294 e. The molecule has 0 amide bonds. The molecule has 1 aromatic heterocycles. The van der Waals surface area contributed by atoms with Crippen LogP contribution in [0.3, 0.4) is 0 Å². The lowest BCUT2D eigenvalue weighted by Crippen LogP contribution is -2.28. The zero-order valence-electron chi connectivity index (χ0n) is 16.8. The number of nitrogens with one attached hydrogen (secondary N) is 1. The predicted molar refractivity (Wildman–Crippen MR) is 126 cm³/mol. The quantitative estimate of drug-likeness (QED) is 0.402. The molecule has 1 N–H and O–H groups in total. The fourth-order valence-electron chi connectivity index (χ4n) is 3.46. The number of benzene rings is 3. The van der Waals surface area contributed by atoms with Gasteiger partial charge in [-0.2, -0.15) is 0 Å². The van der Waals surface area contributed by atoms with E-state index in [0.717, 1.165) is 22.5 Å². The third-order valence-corrected chi connectivity index (χ3v) is 7.77. The normalized spacial score (nSPS) is 12.8. The van der Waals surface area contributed by atoms with E-state index in [1.807, 2.05) is 49.4 Å². The maximum Gasteiger partial charge on any atom is 0.308 e. The Morgan fingerprint density at radius 1 is 1.03 bits per heavy atom. The number of sulfonamides is 1. The first-order chi connectivity index (χ1) is 14.9. The van der Waals surface area contributed by atoms with Crippen molar-refractivity contribution < 1.29 is 8.42 Å². The van der Waals surface area contributed by atoms with Crippen LogP contribution in [0, 0.1) is 0 Å². The van der Waals surface area contributed by atoms with Gasteiger partial charge in [0.25, 0.3) is 0 Å². The zero-order valence-corrected chi connectivity index (χ0v) is 19.2. The molecule has 0 fully saturated rings. The van der Waals surface area contributed by atoms with E-state index in [2.05, 4.69) is 4.72 Å². The number of halogens is 1. The van der Waals surface area contributed by atoms with Crippen molar-refractivity contribution in [3.8, 4) is 0 Å². The lowest BCUT2D eigenvalue weighted by molar-refractivity contribution is 0.550. The Morgan fingerprint density at radius 2 is 1.74 bits per heavy atom. The van der Waals surface area contributed by atoms with Crippen molar-refractivity contribution in [1.29, 1.82) is 0 Å². The molecule has 0 radical (unpaired) electrons. The Bertz CT molecular complexity index is 1360. The Hall–Kier alpha value is -2.45. The Balaban J connectivity index is 1.64. The van der Waals surface area contributed by atoms with Gasteiger partial charge in [-0.05, 0) is 47.9 Å². The smallest absolute Gasteiger partial charge is 0.294 e. The maximum absolute atomic E-state index is 13.0. The number of aromatic nitrogens is 1. The Labute approximate surface area is 190 Å². The second-order valence-electron chi connectivity index (χ2n) is 7.20. The first-order valence-electron chi connectivity index (χ1n) is 9.82. The van der Waals surface area contributed by atoms with Gasteiger partial charge < -0.3 is 0 Å². The van der Waals surface area contributed by atoms with Crippen LogP contribution in [0.1, 0.15) is 30.5 Å². The van der Waals surface area contributed by atoms with Crippen molar-refractivity contribution >= 4 is 43.2 Å². The molecule has 0 aliphatic heterocycles. The number of fused-ring (bicyclic) bond motifs is 1. The first-order valence-corrected chi connectivity index (χ1v) is 12.5. The highest BCUT2D eigenvalue weighted by Gasteiger charge is 2.21. The molecule has 0 unspecified atom stereocenters. The van der Waals surface area contributed by atoms with E-state index < -0.39 is 10.0 Å². The molecule has 3 aromatic carbocycles. The standard InChI is InChI=1S/C23H21ClN2O3S2/c1-2-20(17-6-4-3-5-7-17)25-31(28,29)19-12-13-21-22(14-19)30-23(27)26(21)15-16-8-10-18(24)11-9-16/h3-14,20,25H,2,15H2,1H3/t20-/m1/s1. The summed E-state index contributed by atoms with van der Waals surface area (Å²) in [7, 11) is -3.75. The van der Waals surface area contributed by atoms with Gasteiger partial charge in [-0.25, -0.2) is 13.1 Å². The molecule has 1 heterocycles. The Morgan fingerprint density at radius 3 is 2.42 bits per heavy atom. The molecule has 0 spiro atoms. The molecule has 0 bridgehead atoms. The van der Waals surface area contributed by atoms with Crippen molar-refractivity contribution in [3.05, 3.63) is 98.6 Å². The largest absolute Gasteiger partial charge is 0.308 e. The van der Waals surface area contributed by atoms with Crippen molar-refractivity contribution in [2.45, 2.75) is 30.8 Å². The monoisotopic (exact) mass is 472 g/mol. The van der Waals surface area contributed by atoms with Crippen LogP contribution in [0.5, 0.6) is 0 Å². The summed E-state index contributed by atoms with van der Waals surface area (Å²) in [6.07, 6.45) is 0.621. The van der Waals surface area contributed by atoms with Gasteiger partial charge in [0.2, 0.25) is 10.0 Å². The van der Waals surface area contributed by atoms with Crippen LogP contribution in [-0.2, 0) is 16.6 Å². The molecule has 0 aliphatic carbocycles. The van der Waals surface area contributed by atoms with Gasteiger partial charge in [0.15, 0.2) is 0 Å². The summed E-state index contributed by atoms with van der Waals surface area (Å²) in [4.78, 5) is 12.6. The summed E-state index contributed by atoms with van der Waals surface area (Å²) >= 11 is 6.98.